The molecule has 6 heteroatoms. The highest BCUT2D eigenvalue weighted by Gasteiger charge is 2.23. The van der Waals surface area contributed by atoms with Gasteiger partial charge in [0.25, 0.3) is 0 Å². The lowest BCUT2D eigenvalue weighted by molar-refractivity contribution is 0.203. The Morgan fingerprint density at radius 1 is 1.22 bits per heavy atom. The van der Waals surface area contributed by atoms with Crippen molar-refractivity contribution in [2.75, 3.05) is 13.1 Å². The molecule has 0 spiro atoms. The Balaban J connectivity index is 1.47. The third-order valence-electron chi connectivity index (χ3n) is 4.60. The lowest BCUT2D eigenvalue weighted by Crippen LogP contribution is -2.32. The van der Waals surface area contributed by atoms with Gasteiger partial charge in [-0.05, 0) is 45.8 Å². The fraction of sp³-hybridized carbons (Fsp3) is 0.471. The third-order valence-corrected chi connectivity index (χ3v) is 5.36. The van der Waals surface area contributed by atoms with Gasteiger partial charge in [-0.25, -0.2) is 14.5 Å². The summed E-state index contributed by atoms with van der Waals surface area (Å²) < 4.78 is 1.94. The molecular formula is C17H21N5S. The Morgan fingerprint density at radius 2 is 2.04 bits per heavy atom. The van der Waals surface area contributed by atoms with Gasteiger partial charge in [0.15, 0.2) is 5.65 Å². The number of thiazole rings is 1. The van der Waals surface area contributed by atoms with Crippen molar-refractivity contribution in [2.24, 2.45) is 0 Å². The number of likely N-dealkylation sites (tertiary alicyclic amines) is 1. The molecule has 0 aliphatic carbocycles. The fourth-order valence-electron chi connectivity index (χ4n) is 3.38. The second-order valence-corrected chi connectivity index (χ2v) is 7.33. The van der Waals surface area contributed by atoms with Crippen molar-refractivity contribution in [1.29, 1.82) is 0 Å². The Labute approximate surface area is 140 Å². The van der Waals surface area contributed by atoms with E-state index in [1.807, 2.05) is 17.6 Å². The van der Waals surface area contributed by atoms with E-state index in [9.17, 15) is 0 Å². The van der Waals surface area contributed by atoms with Gasteiger partial charge in [-0.15, -0.1) is 11.3 Å². The van der Waals surface area contributed by atoms with E-state index in [1.54, 1.807) is 11.3 Å². The Bertz CT molecular complexity index is 800. The molecule has 1 fully saturated rings. The van der Waals surface area contributed by atoms with Crippen LogP contribution in [0.2, 0.25) is 0 Å². The van der Waals surface area contributed by atoms with E-state index in [-0.39, 0.29) is 0 Å². The van der Waals surface area contributed by atoms with E-state index < -0.39 is 0 Å². The summed E-state index contributed by atoms with van der Waals surface area (Å²) in [6.45, 7) is 7.35. The van der Waals surface area contributed by atoms with Crippen molar-refractivity contribution in [2.45, 2.75) is 39.2 Å². The molecule has 3 aromatic rings. The van der Waals surface area contributed by atoms with Crippen LogP contribution in [0.3, 0.4) is 0 Å². The molecule has 1 aliphatic rings. The maximum absolute atomic E-state index is 4.85. The number of aromatic nitrogens is 4. The van der Waals surface area contributed by atoms with Gasteiger partial charge in [0.2, 0.25) is 0 Å². The number of piperidine rings is 1. The standard InChI is InChI=1S/C17H21N5S/c1-12-9-16-19-15(10-13(2)22(16)20-12)14-3-6-21(7-4-14)11-17-18-5-8-23-17/h5,8-10,14H,3-4,6-7,11H2,1-2H3. The molecule has 0 saturated carbocycles. The molecule has 0 atom stereocenters. The van der Waals surface area contributed by atoms with Crippen LogP contribution in [0.5, 0.6) is 0 Å². The van der Waals surface area contributed by atoms with E-state index in [0.29, 0.717) is 5.92 Å². The number of fused-ring (bicyclic) bond motifs is 1. The average Bonchev–Trinajstić information content (AvgIpc) is 3.17. The van der Waals surface area contributed by atoms with Crippen LogP contribution in [0, 0.1) is 13.8 Å². The molecule has 4 rings (SSSR count). The molecule has 0 unspecified atom stereocenters. The van der Waals surface area contributed by atoms with Crippen molar-refractivity contribution in [3.63, 3.8) is 0 Å². The third kappa shape index (κ3) is 3.01. The Kier molecular flexibility index (Phi) is 3.87. The zero-order valence-electron chi connectivity index (χ0n) is 13.6. The van der Waals surface area contributed by atoms with Crippen molar-refractivity contribution in [3.8, 4) is 0 Å². The lowest BCUT2D eigenvalue weighted by atomic mass is 9.93. The Hall–Kier alpha value is -1.79. The largest absolute Gasteiger partial charge is 0.297 e. The van der Waals surface area contributed by atoms with E-state index >= 15 is 0 Å². The summed E-state index contributed by atoms with van der Waals surface area (Å²) in [5, 5.41) is 7.76. The molecule has 0 radical (unpaired) electrons. The zero-order chi connectivity index (χ0) is 15.8. The summed E-state index contributed by atoms with van der Waals surface area (Å²) in [6, 6.07) is 4.27. The summed E-state index contributed by atoms with van der Waals surface area (Å²) in [6.07, 6.45) is 4.23. The minimum atomic E-state index is 0.557. The van der Waals surface area contributed by atoms with Crippen molar-refractivity contribution in [1.82, 2.24) is 24.5 Å². The van der Waals surface area contributed by atoms with E-state index in [2.05, 4.69) is 39.4 Å². The van der Waals surface area contributed by atoms with Gasteiger partial charge in [-0.3, -0.25) is 4.90 Å². The summed E-state index contributed by atoms with van der Waals surface area (Å²) >= 11 is 1.74. The van der Waals surface area contributed by atoms with Gasteiger partial charge in [-0.1, -0.05) is 0 Å². The molecule has 0 N–H and O–H groups in total. The lowest BCUT2D eigenvalue weighted by Gasteiger charge is -2.31. The number of nitrogens with zero attached hydrogens (tertiary/aromatic N) is 5. The SMILES string of the molecule is Cc1cc2nc(C3CCN(Cc4nccs4)CC3)cc(C)n2n1. The zero-order valence-corrected chi connectivity index (χ0v) is 14.4. The quantitative estimate of drug-likeness (QED) is 0.741. The summed E-state index contributed by atoms with van der Waals surface area (Å²) in [4.78, 5) is 11.7. The molecule has 0 aromatic carbocycles. The van der Waals surface area contributed by atoms with Gasteiger partial charge in [0.1, 0.15) is 5.01 Å². The van der Waals surface area contributed by atoms with Crippen molar-refractivity contribution >= 4 is 17.0 Å². The first-order chi connectivity index (χ1) is 11.2. The van der Waals surface area contributed by atoms with Crippen LogP contribution >= 0.6 is 11.3 Å². The normalized spacial score (nSPS) is 17.1. The first kappa shape index (κ1) is 14.8. The molecular weight excluding hydrogens is 306 g/mol. The highest BCUT2D eigenvalue weighted by molar-refractivity contribution is 7.09. The first-order valence-electron chi connectivity index (χ1n) is 8.14. The van der Waals surface area contributed by atoms with E-state index in [0.717, 1.165) is 31.0 Å². The maximum atomic E-state index is 4.85. The first-order valence-corrected chi connectivity index (χ1v) is 9.01. The number of rotatable bonds is 3. The molecule has 1 aliphatic heterocycles. The van der Waals surface area contributed by atoms with Gasteiger partial charge in [0.05, 0.1) is 12.2 Å². The van der Waals surface area contributed by atoms with Crippen molar-refractivity contribution < 1.29 is 0 Å². The minimum absolute atomic E-state index is 0.557. The van der Waals surface area contributed by atoms with E-state index in [1.165, 1.54) is 29.2 Å². The van der Waals surface area contributed by atoms with Gasteiger partial charge in [-0.2, -0.15) is 5.10 Å². The van der Waals surface area contributed by atoms with Crippen LogP contribution in [-0.4, -0.2) is 37.6 Å². The summed E-state index contributed by atoms with van der Waals surface area (Å²) in [5.41, 5.74) is 4.39. The monoisotopic (exact) mass is 327 g/mol. The van der Waals surface area contributed by atoms with Crippen LogP contribution in [0.1, 0.15) is 40.8 Å². The van der Waals surface area contributed by atoms with Crippen LogP contribution in [0.4, 0.5) is 0 Å². The second-order valence-electron chi connectivity index (χ2n) is 6.35. The van der Waals surface area contributed by atoms with Crippen LogP contribution in [0.25, 0.3) is 5.65 Å². The topological polar surface area (TPSA) is 46.3 Å². The predicted octanol–water partition coefficient (Wildman–Crippen LogP) is 3.18. The average molecular weight is 327 g/mol. The van der Waals surface area contributed by atoms with Gasteiger partial charge in [0, 0.05) is 34.9 Å². The summed E-state index contributed by atoms with van der Waals surface area (Å²) in [7, 11) is 0. The number of hydrogen-bond donors (Lipinski definition) is 0. The fourth-order valence-corrected chi connectivity index (χ4v) is 4.04. The van der Waals surface area contributed by atoms with Gasteiger partial charge >= 0.3 is 0 Å². The van der Waals surface area contributed by atoms with E-state index in [4.69, 9.17) is 4.98 Å². The predicted molar refractivity (Wildman–Crippen MR) is 91.8 cm³/mol. The molecule has 120 valence electrons. The molecule has 5 nitrogen and oxygen atoms in total. The molecule has 3 aromatic heterocycles. The number of hydrogen-bond acceptors (Lipinski definition) is 5. The molecule has 0 bridgehead atoms. The number of aryl methyl sites for hydroxylation is 2. The smallest absolute Gasteiger partial charge is 0.155 e. The second kappa shape index (κ2) is 6.02. The molecule has 0 amide bonds. The van der Waals surface area contributed by atoms with Crippen LogP contribution in [0.15, 0.2) is 23.7 Å². The van der Waals surface area contributed by atoms with Crippen molar-refractivity contribution in [3.05, 3.63) is 45.8 Å². The minimum Gasteiger partial charge on any atom is -0.297 e. The molecule has 23 heavy (non-hydrogen) atoms. The Morgan fingerprint density at radius 3 is 2.78 bits per heavy atom. The maximum Gasteiger partial charge on any atom is 0.155 e. The van der Waals surface area contributed by atoms with Gasteiger partial charge < -0.3 is 0 Å². The summed E-state index contributed by atoms with van der Waals surface area (Å²) in [5.74, 6) is 0.557. The molecule has 4 heterocycles. The highest BCUT2D eigenvalue weighted by atomic mass is 32.1. The highest BCUT2D eigenvalue weighted by Crippen LogP contribution is 2.28. The van der Waals surface area contributed by atoms with Crippen LogP contribution < -0.4 is 0 Å². The molecule has 1 saturated heterocycles. The van der Waals surface area contributed by atoms with Crippen LogP contribution in [-0.2, 0) is 6.54 Å².